The zero-order valence-electron chi connectivity index (χ0n) is 16.6. The Bertz CT molecular complexity index is 1070. The summed E-state index contributed by atoms with van der Waals surface area (Å²) in [6, 6.07) is 9.37. The third-order valence-electron chi connectivity index (χ3n) is 4.01. The molecule has 0 unspecified atom stereocenters. The molecular weight excluding hydrogens is 450 g/mol. The predicted octanol–water partition coefficient (Wildman–Crippen LogP) is 2.73. The molecule has 0 aliphatic rings. The van der Waals surface area contributed by atoms with E-state index in [1.165, 1.54) is 42.5 Å². The number of anilines is 1. The monoisotopic (exact) mass is 469 g/mol. The molecule has 0 aliphatic heterocycles. The van der Waals surface area contributed by atoms with Crippen LogP contribution in [-0.4, -0.2) is 37.9 Å². The van der Waals surface area contributed by atoms with Crippen molar-refractivity contribution in [2.24, 2.45) is 5.92 Å². The summed E-state index contributed by atoms with van der Waals surface area (Å²) < 4.78 is 32.3. The van der Waals surface area contributed by atoms with Gasteiger partial charge in [-0.2, -0.15) is 4.72 Å². The van der Waals surface area contributed by atoms with Crippen molar-refractivity contribution in [2.75, 3.05) is 11.9 Å². The van der Waals surface area contributed by atoms with Crippen LogP contribution >= 0.6 is 11.6 Å². The average Bonchev–Trinajstić information content (AvgIpc) is 2.70. The van der Waals surface area contributed by atoms with Crippen molar-refractivity contribution in [1.82, 2.24) is 4.72 Å². The summed E-state index contributed by atoms with van der Waals surface area (Å²) in [6.45, 7) is 2.52. The Morgan fingerprint density at radius 1 is 1.16 bits per heavy atom. The van der Waals surface area contributed by atoms with Crippen LogP contribution < -0.4 is 10.0 Å². The number of amides is 1. The van der Waals surface area contributed by atoms with E-state index in [0.717, 1.165) is 6.07 Å². The van der Waals surface area contributed by atoms with Crippen molar-refractivity contribution >= 4 is 44.9 Å². The van der Waals surface area contributed by atoms with E-state index in [0.29, 0.717) is 5.02 Å². The number of carbonyl (C=O) groups excluding carboxylic acids is 2. The van der Waals surface area contributed by atoms with Gasteiger partial charge in [0.25, 0.3) is 11.6 Å². The van der Waals surface area contributed by atoms with Crippen molar-refractivity contribution in [2.45, 2.75) is 24.8 Å². The van der Waals surface area contributed by atoms with Crippen LogP contribution in [0, 0.1) is 16.0 Å². The minimum atomic E-state index is -4.04. The standard InChI is InChI=1S/C19H20ClN3O7S/c1-12(2)18(22-31(28,29)16-8-6-13(20)7-9-16)19(25)30-11-17(24)21-14-4-3-5-15(10-14)23(26)27/h3-10,12,18,22H,11H2,1-2H3,(H,21,24)/t18-/m1/s1. The molecule has 0 fully saturated rings. The summed E-state index contributed by atoms with van der Waals surface area (Å²) in [7, 11) is -4.04. The van der Waals surface area contributed by atoms with Gasteiger partial charge in [0.05, 0.1) is 9.82 Å². The van der Waals surface area contributed by atoms with Crippen LogP contribution in [0.1, 0.15) is 13.8 Å². The second kappa shape index (κ2) is 10.3. The third kappa shape index (κ3) is 7.02. The number of esters is 1. The highest BCUT2D eigenvalue weighted by Gasteiger charge is 2.30. The fraction of sp³-hybridized carbons (Fsp3) is 0.263. The third-order valence-corrected chi connectivity index (χ3v) is 5.72. The van der Waals surface area contributed by atoms with Crippen LogP contribution in [0.15, 0.2) is 53.4 Å². The minimum Gasteiger partial charge on any atom is -0.454 e. The van der Waals surface area contributed by atoms with Crippen LogP contribution in [0.2, 0.25) is 5.02 Å². The fourth-order valence-electron chi connectivity index (χ4n) is 2.43. The van der Waals surface area contributed by atoms with Gasteiger partial charge in [-0.3, -0.25) is 19.7 Å². The molecule has 31 heavy (non-hydrogen) atoms. The van der Waals surface area contributed by atoms with Crippen LogP contribution in [0.25, 0.3) is 0 Å². The average molecular weight is 470 g/mol. The SMILES string of the molecule is CC(C)[C@@H](NS(=O)(=O)c1ccc(Cl)cc1)C(=O)OCC(=O)Nc1cccc([N+](=O)[O-])c1. The van der Waals surface area contributed by atoms with Gasteiger partial charge in [-0.25, -0.2) is 8.42 Å². The number of ether oxygens (including phenoxy) is 1. The zero-order valence-corrected chi connectivity index (χ0v) is 18.1. The van der Waals surface area contributed by atoms with Gasteiger partial charge in [-0.05, 0) is 36.2 Å². The predicted molar refractivity (Wildman–Crippen MR) is 113 cm³/mol. The van der Waals surface area contributed by atoms with Gasteiger partial charge in [0.1, 0.15) is 6.04 Å². The summed E-state index contributed by atoms with van der Waals surface area (Å²) in [4.78, 5) is 34.5. The largest absolute Gasteiger partial charge is 0.454 e. The highest BCUT2D eigenvalue weighted by molar-refractivity contribution is 7.89. The molecular formula is C19H20ClN3O7S. The van der Waals surface area contributed by atoms with E-state index in [2.05, 4.69) is 10.0 Å². The number of nitro groups is 1. The lowest BCUT2D eigenvalue weighted by Gasteiger charge is -2.20. The summed E-state index contributed by atoms with van der Waals surface area (Å²) in [5.74, 6) is -2.16. The smallest absolute Gasteiger partial charge is 0.324 e. The minimum absolute atomic E-state index is 0.0845. The number of non-ortho nitro benzene ring substituents is 1. The van der Waals surface area contributed by atoms with Gasteiger partial charge in [0.15, 0.2) is 6.61 Å². The molecule has 0 aromatic heterocycles. The van der Waals surface area contributed by atoms with E-state index in [1.807, 2.05) is 0 Å². The molecule has 2 aromatic carbocycles. The number of carbonyl (C=O) groups is 2. The van der Waals surface area contributed by atoms with Gasteiger partial charge >= 0.3 is 5.97 Å². The molecule has 0 radical (unpaired) electrons. The molecule has 166 valence electrons. The Balaban J connectivity index is 2.00. The number of benzene rings is 2. The zero-order chi connectivity index (χ0) is 23.2. The van der Waals surface area contributed by atoms with Crippen molar-refractivity contribution in [3.63, 3.8) is 0 Å². The topological polar surface area (TPSA) is 145 Å². The highest BCUT2D eigenvalue weighted by Crippen LogP contribution is 2.18. The molecule has 0 bridgehead atoms. The fourth-order valence-corrected chi connectivity index (χ4v) is 3.89. The molecule has 1 amide bonds. The molecule has 0 aliphatic carbocycles. The molecule has 0 heterocycles. The maximum Gasteiger partial charge on any atom is 0.324 e. The first-order valence-corrected chi connectivity index (χ1v) is 10.8. The Hall–Kier alpha value is -3.02. The Morgan fingerprint density at radius 2 is 1.81 bits per heavy atom. The van der Waals surface area contributed by atoms with Gasteiger partial charge in [0.2, 0.25) is 10.0 Å². The van der Waals surface area contributed by atoms with Gasteiger partial charge < -0.3 is 10.1 Å². The van der Waals surface area contributed by atoms with Gasteiger partial charge in [-0.1, -0.05) is 31.5 Å². The Labute approximate surface area is 183 Å². The number of sulfonamides is 1. The summed E-state index contributed by atoms with van der Waals surface area (Å²) >= 11 is 5.76. The Kier molecular flexibility index (Phi) is 8.08. The van der Waals surface area contributed by atoms with Gasteiger partial charge in [-0.15, -0.1) is 0 Å². The van der Waals surface area contributed by atoms with E-state index >= 15 is 0 Å². The molecule has 2 N–H and O–H groups in total. The second-order valence-corrected chi connectivity index (χ2v) is 8.91. The summed E-state index contributed by atoms with van der Waals surface area (Å²) in [5, 5.41) is 13.5. The first-order chi connectivity index (χ1) is 14.5. The number of nitrogens with one attached hydrogen (secondary N) is 2. The molecule has 10 nitrogen and oxygen atoms in total. The van der Waals surface area contributed by atoms with Crippen molar-refractivity contribution in [3.8, 4) is 0 Å². The number of rotatable bonds is 9. The number of nitro benzene ring substituents is 1. The van der Waals surface area contributed by atoms with Crippen LogP contribution in [0.3, 0.4) is 0 Å². The highest BCUT2D eigenvalue weighted by atomic mass is 35.5. The molecule has 2 rings (SSSR count). The number of halogens is 1. The van der Waals surface area contributed by atoms with E-state index in [9.17, 15) is 28.1 Å². The van der Waals surface area contributed by atoms with Crippen LogP contribution in [-0.2, 0) is 24.3 Å². The van der Waals surface area contributed by atoms with Gasteiger partial charge in [0, 0.05) is 22.8 Å². The molecule has 0 saturated carbocycles. The van der Waals surface area contributed by atoms with Crippen LogP contribution in [0.5, 0.6) is 0 Å². The normalized spacial score (nSPS) is 12.3. The van der Waals surface area contributed by atoms with E-state index in [4.69, 9.17) is 16.3 Å². The number of hydrogen-bond donors (Lipinski definition) is 2. The molecule has 12 heteroatoms. The maximum absolute atomic E-state index is 12.5. The summed E-state index contributed by atoms with van der Waals surface area (Å²) in [6.07, 6.45) is 0. The molecule has 0 saturated heterocycles. The van der Waals surface area contributed by atoms with E-state index < -0.39 is 45.4 Å². The molecule has 1 atom stereocenters. The molecule has 0 spiro atoms. The van der Waals surface area contributed by atoms with Crippen molar-refractivity contribution < 1.29 is 27.7 Å². The van der Waals surface area contributed by atoms with E-state index in [1.54, 1.807) is 13.8 Å². The quantitative estimate of drug-likeness (QED) is 0.326. The van der Waals surface area contributed by atoms with Crippen molar-refractivity contribution in [1.29, 1.82) is 0 Å². The number of hydrogen-bond acceptors (Lipinski definition) is 7. The Morgan fingerprint density at radius 3 is 2.39 bits per heavy atom. The lowest BCUT2D eigenvalue weighted by atomic mass is 10.1. The molecule has 2 aromatic rings. The summed E-state index contributed by atoms with van der Waals surface area (Å²) in [5.41, 5.74) is -0.0645. The van der Waals surface area contributed by atoms with Crippen LogP contribution in [0.4, 0.5) is 11.4 Å². The van der Waals surface area contributed by atoms with E-state index in [-0.39, 0.29) is 16.3 Å². The first kappa shape index (κ1) is 24.3. The maximum atomic E-state index is 12.5. The number of nitrogens with zero attached hydrogens (tertiary/aromatic N) is 1. The lowest BCUT2D eigenvalue weighted by molar-refractivity contribution is -0.384. The first-order valence-electron chi connectivity index (χ1n) is 8.98. The lowest BCUT2D eigenvalue weighted by Crippen LogP contribution is -2.45. The van der Waals surface area contributed by atoms with Crippen molar-refractivity contribution in [3.05, 3.63) is 63.7 Å². The second-order valence-electron chi connectivity index (χ2n) is 6.76.